The van der Waals surface area contributed by atoms with Crippen LogP contribution < -0.4 is 25.3 Å². The second-order valence-electron chi connectivity index (χ2n) is 6.14. The number of anilines is 2. The quantitative estimate of drug-likeness (QED) is 0.694. The van der Waals surface area contributed by atoms with Crippen molar-refractivity contribution in [2.75, 3.05) is 31.4 Å². The van der Waals surface area contributed by atoms with Gasteiger partial charge < -0.3 is 25.3 Å². The molecule has 9 nitrogen and oxygen atoms in total. The lowest BCUT2D eigenvalue weighted by molar-refractivity contribution is 0.102. The van der Waals surface area contributed by atoms with Gasteiger partial charge in [-0.1, -0.05) is 17.3 Å². The number of nitrogen functional groups attached to an aromatic ring is 1. The Hall–Kier alpha value is -3.75. The molecule has 3 aromatic rings. The number of hydrogen-bond donors (Lipinski definition) is 2. The highest BCUT2D eigenvalue weighted by molar-refractivity contribution is 6.05. The minimum Gasteiger partial charge on any atom is -0.497 e. The number of carbonyl (C=O) groups excluding carboxylic acids is 1. The van der Waals surface area contributed by atoms with Crippen LogP contribution in [0, 0.1) is 0 Å². The van der Waals surface area contributed by atoms with Gasteiger partial charge in [-0.25, -0.2) is 4.68 Å². The van der Waals surface area contributed by atoms with Crippen LogP contribution >= 0.6 is 0 Å². The standard InChI is InChI=1S/C19H19N5O4/c1-26-14-5-2-12(3-6-14)11-24-18(20)17(22-23-24)19(25)21-13-4-7-15-16(10-13)28-9-8-27-15/h2-7,10H,8-9,11,20H2,1H3,(H,21,25). The van der Waals surface area contributed by atoms with Crippen LogP contribution in [0.25, 0.3) is 0 Å². The maximum absolute atomic E-state index is 12.6. The molecule has 0 radical (unpaired) electrons. The van der Waals surface area contributed by atoms with Crippen molar-refractivity contribution in [1.29, 1.82) is 0 Å². The van der Waals surface area contributed by atoms with Crippen LogP contribution in [0.3, 0.4) is 0 Å². The Morgan fingerprint density at radius 1 is 1.18 bits per heavy atom. The zero-order chi connectivity index (χ0) is 19.5. The van der Waals surface area contributed by atoms with Crippen molar-refractivity contribution in [1.82, 2.24) is 15.0 Å². The number of carbonyl (C=O) groups is 1. The van der Waals surface area contributed by atoms with Crippen molar-refractivity contribution < 1.29 is 19.0 Å². The minimum absolute atomic E-state index is 0.0587. The fourth-order valence-corrected chi connectivity index (χ4v) is 2.81. The van der Waals surface area contributed by atoms with Crippen molar-refractivity contribution in [3.8, 4) is 17.2 Å². The molecular weight excluding hydrogens is 362 g/mol. The number of rotatable bonds is 5. The predicted octanol–water partition coefficient (Wildman–Crippen LogP) is 1.94. The number of amides is 1. The summed E-state index contributed by atoms with van der Waals surface area (Å²) in [6, 6.07) is 12.7. The van der Waals surface area contributed by atoms with E-state index in [0.717, 1.165) is 11.3 Å². The zero-order valence-electron chi connectivity index (χ0n) is 15.2. The molecule has 0 aliphatic carbocycles. The third-order valence-corrected chi connectivity index (χ3v) is 4.28. The highest BCUT2D eigenvalue weighted by Crippen LogP contribution is 2.32. The van der Waals surface area contributed by atoms with Gasteiger partial charge in [0.05, 0.1) is 13.7 Å². The molecule has 1 aromatic heterocycles. The van der Waals surface area contributed by atoms with Crippen LogP contribution in [0.4, 0.5) is 11.5 Å². The summed E-state index contributed by atoms with van der Waals surface area (Å²) in [5.41, 5.74) is 7.65. The molecule has 4 rings (SSSR count). The van der Waals surface area contributed by atoms with Gasteiger partial charge in [-0.15, -0.1) is 5.10 Å². The largest absolute Gasteiger partial charge is 0.497 e. The Bertz CT molecular complexity index is 1000. The first-order valence-corrected chi connectivity index (χ1v) is 8.67. The fraction of sp³-hybridized carbons (Fsp3) is 0.211. The van der Waals surface area contributed by atoms with Gasteiger partial charge in [0, 0.05) is 11.8 Å². The summed E-state index contributed by atoms with van der Waals surface area (Å²) in [7, 11) is 1.61. The Kier molecular flexibility index (Phi) is 4.71. The predicted molar refractivity (Wildman–Crippen MR) is 102 cm³/mol. The number of methoxy groups -OCH3 is 1. The molecule has 0 saturated heterocycles. The lowest BCUT2D eigenvalue weighted by Gasteiger charge is -2.18. The number of nitrogens with two attached hydrogens (primary N) is 1. The highest BCUT2D eigenvalue weighted by atomic mass is 16.6. The number of ether oxygens (including phenoxy) is 3. The summed E-state index contributed by atoms with van der Waals surface area (Å²) in [4.78, 5) is 12.6. The van der Waals surface area contributed by atoms with Crippen LogP contribution in [-0.2, 0) is 6.54 Å². The van der Waals surface area contributed by atoms with Gasteiger partial charge in [0.25, 0.3) is 5.91 Å². The molecule has 0 fully saturated rings. The number of fused-ring (bicyclic) bond motifs is 1. The highest BCUT2D eigenvalue weighted by Gasteiger charge is 2.19. The molecule has 0 spiro atoms. The second-order valence-corrected chi connectivity index (χ2v) is 6.14. The van der Waals surface area contributed by atoms with E-state index in [1.807, 2.05) is 24.3 Å². The average Bonchev–Trinajstić information content (AvgIpc) is 3.09. The van der Waals surface area contributed by atoms with Crippen LogP contribution in [0.5, 0.6) is 17.2 Å². The molecule has 0 atom stereocenters. The summed E-state index contributed by atoms with van der Waals surface area (Å²) in [5, 5.41) is 10.7. The van der Waals surface area contributed by atoms with Crippen molar-refractivity contribution in [2.24, 2.45) is 0 Å². The summed E-state index contributed by atoms with van der Waals surface area (Å²) in [5.74, 6) is 1.73. The maximum atomic E-state index is 12.6. The summed E-state index contributed by atoms with van der Waals surface area (Å²) < 4.78 is 17.6. The number of benzene rings is 2. The molecule has 0 bridgehead atoms. The van der Waals surface area contributed by atoms with Gasteiger partial charge in [-0.3, -0.25) is 4.79 Å². The molecule has 3 N–H and O–H groups in total. The van der Waals surface area contributed by atoms with Gasteiger partial charge in [0.2, 0.25) is 0 Å². The molecule has 9 heteroatoms. The number of aromatic nitrogens is 3. The van der Waals surface area contributed by atoms with Crippen molar-refractivity contribution in [3.63, 3.8) is 0 Å². The first kappa shape index (κ1) is 17.7. The third kappa shape index (κ3) is 3.54. The smallest absolute Gasteiger partial charge is 0.280 e. The van der Waals surface area contributed by atoms with Crippen LogP contribution in [0.1, 0.15) is 16.1 Å². The van der Waals surface area contributed by atoms with E-state index in [1.54, 1.807) is 25.3 Å². The second kappa shape index (κ2) is 7.47. The van der Waals surface area contributed by atoms with E-state index >= 15 is 0 Å². The minimum atomic E-state index is -0.449. The molecule has 2 aromatic carbocycles. The average molecular weight is 381 g/mol. The third-order valence-electron chi connectivity index (χ3n) is 4.28. The molecule has 1 aliphatic rings. The van der Waals surface area contributed by atoms with E-state index in [4.69, 9.17) is 19.9 Å². The van der Waals surface area contributed by atoms with E-state index in [2.05, 4.69) is 15.6 Å². The van der Waals surface area contributed by atoms with Gasteiger partial charge in [-0.05, 0) is 29.8 Å². The Balaban J connectivity index is 1.47. The summed E-state index contributed by atoms with van der Waals surface area (Å²) in [6.45, 7) is 1.36. The zero-order valence-corrected chi connectivity index (χ0v) is 15.2. The molecule has 144 valence electrons. The number of nitrogens with one attached hydrogen (secondary N) is 1. The number of hydrogen-bond acceptors (Lipinski definition) is 7. The lowest BCUT2D eigenvalue weighted by atomic mass is 10.2. The molecule has 0 saturated carbocycles. The molecule has 2 heterocycles. The normalized spacial score (nSPS) is 12.5. The van der Waals surface area contributed by atoms with E-state index in [0.29, 0.717) is 36.9 Å². The first-order valence-electron chi connectivity index (χ1n) is 8.67. The summed E-state index contributed by atoms with van der Waals surface area (Å²) >= 11 is 0. The molecular formula is C19H19N5O4. The lowest BCUT2D eigenvalue weighted by Crippen LogP contribution is -2.17. The first-order chi connectivity index (χ1) is 13.6. The fourth-order valence-electron chi connectivity index (χ4n) is 2.81. The topological polar surface area (TPSA) is 114 Å². The molecule has 28 heavy (non-hydrogen) atoms. The van der Waals surface area contributed by atoms with E-state index in [-0.39, 0.29) is 11.5 Å². The molecule has 1 aliphatic heterocycles. The molecule has 0 unspecified atom stereocenters. The van der Waals surface area contributed by atoms with Crippen molar-refractivity contribution in [3.05, 3.63) is 53.7 Å². The monoisotopic (exact) mass is 381 g/mol. The van der Waals surface area contributed by atoms with Gasteiger partial charge in [0.1, 0.15) is 19.0 Å². The van der Waals surface area contributed by atoms with E-state index < -0.39 is 5.91 Å². The maximum Gasteiger partial charge on any atom is 0.280 e. The van der Waals surface area contributed by atoms with Crippen molar-refractivity contribution >= 4 is 17.4 Å². The van der Waals surface area contributed by atoms with Crippen LogP contribution in [0.15, 0.2) is 42.5 Å². The van der Waals surface area contributed by atoms with E-state index in [1.165, 1.54) is 4.68 Å². The van der Waals surface area contributed by atoms with Gasteiger partial charge >= 0.3 is 0 Å². The van der Waals surface area contributed by atoms with E-state index in [9.17, 15) is 4.79 Å². The Morgan fingerprint density at radius 2 is 1.93 bits per heavy atom. The van der Waals surface area contributed by atoms with Gasteiger partial charge in [-0.2, -0.15) is 0 Å². The molecule has 1 amide bonds. The Morgan fingerprint density at radius 3 is 2.68 bits per heavy atom. The van der Waals surface area contributed by atoms with Gasteiger partial charge in [0.15, 0.2) is 23.0 Å². The SMILES string of the molecule is COc1ccc(Cn2nnc(C(=O)Nc3ccc4c(c3)OCCO4)c2N)cc1. The number of nitrogens with zero attached hydrogens (tertiary/aromatic N) is 3. The Labute approximate surface area is 161 Å². The summed E-state index contributed by atoms with van der Waals surface area (Å²) in [6.07, 6.45) is 0. The van der Waals surface area contributed by atoms with Crippen LogP contribution in [-0.4, -0.2) is 41.2 Å². The van der Waals surface area contributed by atoms with Crippen molar-refractivity contribution in [2.45, 2.75) is 6.54 Å². The van der Waals surface area contributed by atoms with Crippen LogP contribution in [0.2, 0.25) is 0 Å².